The number of hydrogen-bond donors (Lipinski definition) is 1. The molecule has 13 heavy (non-hydrogen) atoms. The monoisotopic (exact) mass is 173 g/mol. The third-order valence-corrected chi connectivity index (χ3v) is 2.45. The first-order valence-corrected chi connectivity index (χ1v) is 4.65. The summed E-state index contributed by atoms with van der Waals surface area (Å²) in [6.07, 6.45) is 4.42. The highest BCUT2D eigenvalue weighted by Crippen LogP contribution is 2.29. The zero-order valence-corrected chi connectivity index (χ0v) is 8.39. The van der Waals surface area contributed by atoms with Gasteiger partial charge in [-0.3, -0.25) is 0 Å². The predicted molar refractivity (Wildman–Crippen MR) is 57.9 cm³/mol. The third kappa shape index (κ3) is 1.46. The van der Waals surface area contributed by atoms with Gasteiger partial charge in [0.15, 0.2) is 0 Å². The Balaban J connectivity index is 2.53. The molecule has 0 amide bonds. The molecular formula is C12H15N. The van der Waals surface area contributed by atoms with Gasteiger partial charge in [-0.1, -0.05) is 24.3 Å². The molecule has 0 aliphatic carbocycles. The molecule has 0 bridgehead atoms. The molecule has 68 valence electrons. The standard InChI is InChI=1S/C12H15N/c1-9-5-4-6-11-10(9)7-8-12(2,3)13-11/h4-8,13H,1-3H3. The van der Waals surface area contributed by atoms with Crippen LogP contribution in [-0.2, 0) is 0 Å². The van der Waals surface area contributed by atoms with E-state index in [1.165, 1.54) is 16.8 Å². The smallest absolute Gasteiger partial charge is 0.0503 e. The lowest BCUT2D eigenvalue weighted by Crippen LogP contribution is -2.30. The maximum Gasteiger partial charge on any atom is 0.0503 e. The molecule has 1 aromatic rings. The molecule has 1 aliphatic heterocycles. The quantitative estimate of drug-likeness (QED) is 0.635. The second kappa shape index (κ2) is 2.63. The number of hydrogen-bond acceptors (Lipinski definition) is 1. The van der Waals surface area contributed by atoms with Crippen LogP contribution in [0.1, 0.15) is 25.0 Å². The first-order chi connectivity index (χ1) is 6.08. The topological polar surface area (TPSA) is 12.0 Å². The fourth-order valence-corrected chi connectivity index (χ4v) is 1.69. The lowest BCUT2D eigenvalue weighted by Gasteiger charge is -2.29. The van der Waals surface area contributed by atoms with Crippen molar-refractivity contribution >= 4 is 11.8 Å². The van der Waals surface area contributed by atoms with Gasteiger partial charge in [-0.05, 0) is 32.4 Å². The lowest BCUT2D eigenvalue weighted by molar-refractivity contribution is 0.710. The van der Waals surface area contributed by atoms with Crippen LogP contribution in [-0.4, -0.2) is 5.54 Å². The van der Waals surface area contributed by atoms with E-state index >= 15 is 0 Å². The van der Waals surface area contributed by atoms with Gasteiger partial charge in [-0.25, -0.2) is 0 Å². The van der Waals surface area contributed by atoms with E-state index in [0.717, 1.165) is 0 Å². The second-order valence-electron chi connectivity index (χ2n) is 4.22. The van der Waals surface area contributed by atoms with E-state index in [1.807, 2.05) is 0 Å². The number of aryl methyl sites for hydroxylation is 1. The van der Waals surface area contributed by atoms with Gasteiger partial charge in [0.05, 0.1) is 5.54 Å². The number of benzene rings is 1. The Bertz CT molecular complexity index is 361. The van der Waals surface area contributed by atoms with Gasteiger partial charge in [0.1, 0.15) is 0 Å². The van der Waals surface area contributed by atoms with Crippen molar-refractivity contribution in [2.75, 3.05) is 5.32 Å². The summed E-state index contributed by atoms with van der Waals surface area (Å²) in [5.74, 6) is 0. The first kappa shape index (κ1) is 8.36. The molecule has 1 heterocycles. The molecule has 0 radical (unpaired) electrons. The summed E-state index contributed by atoms with van der Waals surface area (Å²) in [5.41, 5.74) is 3.98. The number of nitrogens with one attached hydrogen (secondary N) is 1. The molecule has 1 heteroatoms. The molecule has 0 aromatic heterocycles. The van der Waals surface area contributed by atoms with Gasteiger partial charge in [0.2, 0.25) is 0 Å². The van der Waals surface area contributed by atoms with E-state index in [4.69, 9.17) is 0 Å². The molecule has 0 saturated heterocycles. The minimum atomic E-state index is 0.0841. The number of rotatable bonds is 0. The van der Waals surface area contributed by atoms with Crippen LogP contribution in [0.25, 0.3) is 6.08 Å². The van der Waals surface area contributed by atoms with E-state index in [9.17, 15) is 0 Å². The molecule has 0 saturated carbocycles. The Kier molecular flexibility index (Phi) is 1.69. The largest absolute Gasteiger partial charge is 0.376 e. The van der Waals surface area contributed by atoms with Crippen LogP contribution in [0.15, 0.2) is 24.3 Å². The fourth-order valence-electron chi connectivity index (χ4n) is 1.69. The maximum absolute atomic E-state index is 3.49. The molecule has 0 fully saturated rings. The van der Waals surface area contributed by atoms with Crippen molar-refractivity contribution in [1.29, 1.82) is 0 Å². The minimum Gasteiger partial charge on any atom is -0.376 e. The van der Waals surface area contributed by atoms with Crippen LogP contribution in [0.3, 0.4) is 0 Å². The molecule has 0 unspecified atom stereocenters. The van der Waals surface area contributed by atoms with E-state index in [0.29, 0.717) is 0 Å². The Morgan fingerprint density at radius 2 is 2.00 bits per heavy atom. The van der Waals surface area contributed by atoms with Crippen molar-refractivity contribution in [2.24, 2.45) is 0 Å². The van der Waals surface area contributed by atoms with Gasteiger partial charge < -0.3 is 5.32 Å². The van der Waals surface area contributed by atoms with E-state index in [1.54, 1.807) is 0 Å². The Hall–Kier alpha value is -1.24. The van der Waals surface area contributed by atoms with Crippen molar-refractivity contribution in [3.8, 4) is 0 Å². The third-order valence-electron chi connectivity index (χ3n) is 2.45. The number of anilines is 1. The van der Waals surface area contributed by atoms with Crippen LogP contribution in [0.5, 0.6) is 0 Å². The summed E-state index contributed by atoms with van der Waals surface area (Å²) in [5, 5.41) is 3.49. The van der Waals surface area contributed by atoms with Crippen LogP contribution in [0, 0.1) is 6.92 Å². The van der Waals surface area contributed by atoms with Crippen LogP contribution < -0.4 is 5.32 Å². The highest BCUT2D eigenvalue weighted by Gasteiger charge is 2.19. The maximum atomic E-state index is 3.49. The Morgan fingerprint density at radius 3 is 2.77 bits per heavy atom. The molecule has 1 aliphatic rings. The number of fused-ring (bicyclic) bond motifs is 1. The van der Waals surface area contributed by atoms with Crippen molar-refractivity contribution < 1.29 is 0 Å². The first-order valence-electron chi connectivity index (χ1n) is 4.65. The van der Waals surface area contributed by atoms with Gasteiger partial charge in [0, 0.05) is 11.3 Å². The average Bonchev–Trinajstić information content (AvgIpc) is 2.02. The predicted octanol–water partition coefficient (Wildman–Crippen LogP) is 3.21. The van der Waals surface area contributed by atoms with Crippen molar-refractivity contribution in [3.63, 3.8) is 0 Å². The average molecular weight is 173 g/mol. The summed E-state index contributed by atoms with van der Waals surface area (Å²) in [6, 6.07) is 6.37. The lowest BCUT2D eigenvalue weighted by atomic mass is 9.94. The molecule has 1 aromatic carbocycles. The Labute approximate surface area is 79.5 Å². The van der Waals surface area contributed by atoms with Gasteiger partial charge in [0.25, 0.3) is 0 Å². The Morgan fingerprint density at radius 1 is 1.23 bits per heavy atom. The SMILES string of the molecule is Cc1cccc2c1C=CC(C)(C)N2. The van der Waals surface area contributed by atoms with E-state index < -0.39 is 0 Å². The van der Waals surface area contributed by atoms with Crippen molar-refractivity contribution in [1.82, 2.24) is 0 Å². The zero-order valence-electron chi connectivity index (χ0n) is 8.39. The van der Waals surface area contributed by atoms with Crippen molar-refractivity contribution in [2.45, 2.75) is 26.3 Å². The highest BCUT2D eigenvalue weighted by atomic mass is 15.0. The molecule has 2 rings (SSSR count). The van der Waals surface area contributed by atoms with Gasteiger partial charge in [-0.2, -0.15) is 0 Å². The molecule has 0 atom stereocenters. The summed E-state index contributed by atoms with van der Waals surface area (Å²) in [7, 11) is 0. The molecule has 1 N–H and O–H groups in total. The van der Waals surface area contributed by atoms with Gasteiger partial charge in [-0.15, -0.1) is 0 Å². The summed E-state index contributed by atoms with van der Waals surface area (Å²) >= 11 is 0. The summed E-state index contributed by atoms with van der Waals surface area (Å²) in [4.78, 5) is 0. The van der Waals surface area contributed by atoms with Gasteiger partial charge >= 0.3 is 0 Å². The van der Waals surface area contributed by atoms with Crippen molar-refractivity contribution in [3.05, 3.63) is 35.4 Å². The fraction of sp³-hybridized carbons (Fsp3) is 0.333. The highest BCUT2D eigenvalue weighted by molar-refractivity contribution is 5.74. The van der Waals surface area contributed by atoms with E-state index in [2.05, 4.69) is 56.4 Å². The zero-order chi connectivity index (χ0) is 9.47. The van der Waals surface area contributed by atoms with E-state index in [-0.39, 0.29) is 5.54 Å². The van der Waals surface area contributed by atoms with Crippen LogP contribution in [0.2, 0.25) is 0 Å². The molecule has 0 spiro atoms. The molecular weight excluding hydrogens is 158 g/mol. The summed E-state index contributed by atoms with van der Waals surface area (Å²) < 4.78 is 0. The van der Waals surface area contributed by atoms with Crippen LogP contribution >= 0.6 is 0 Å². The van der Waals surface area contributed by atoms with Crippen LogP contribution in [0.4, 0.5) is 5.69 Å². The summed E-state index contributed by atoms with van der Waals surface area (Å²) in [6.45, 7) is 6.49. The molecule has 1 nitrogen and oxygen atoms in total. The second-order valence-corrected chi connectivity index (χ2v) is 4.22. The normalized spacial score (nSPS) is 17.8. The minimum absolute atomic E-state index is 0.0841.